The molecule has 0 radical (unpaired) electrons. The molecule has 1 aliphatic rings. The maximum Gasteiger partial charge on any atom is 0.241 e. The van der Waals surface area contributed by atoms with Crippen molar-refractivity contribution in [2.45, 2.75) is 32.8 Å². The van der Waals surface area contributed by atoms with Gasteiger partial charge in [0.25, 0.3) is 0 Å². The van der Waals surface area contributed by atoms with Gasteiger partial charge in [-0.1, -0.05) is 12.1 Å². The number of rotatable bonds is 5. The fourth-order valence-electron chi connectivity index (χ4n) is 2.80. The zero-order chi connectivity index (χ0) is 16.1. The second kappa shape index (κ2) is 7.39. The Kier molecular flexibility index (Phi) is 5.53. The van der Waals surface area contributed by atoms with Crippen molar-refractivity contribution in [2.24, 2.45) is 0 Å². The molecule has 5 nitrogen and oxygen atoms in total. The highest BCUT2D eigenvalue weighted by Gasteiger charge is 2.25. The molecular formula is C17H23N3O2. The van der Waals surface area contributed by atoms with Crippen LogP contribution in [0, 0.1) is 25.2 Å². The first-order valence-electron chi connectivity index (χ1n) is 7.67. The van der Waals surface area contributed by atoms with Crippen molar-refractivity contribution in [3.8, 4) is 6.07 Å². The molecule has 1 aliphatic heterocycles. The summed E-state index contributed by atoms with van der Waals surface area (Å²) in [6.45, 7) is 5.99. The number of aliphatic hydroxyl groups is 1. The Morgan fingerprint density at radius 3 is 2.91 bits per heavy atom. The summed E-state index contributed by atoms with van der Waals surface area (Å²) in [7, 11) is 0. The quantitative estimate of drug-likeness (QED) is 0.897. The largest absolute Gasteiger partial charge is 0.392 e. The number of carbonyl (C=O) groups excluding carboxylic acids is 1. The summed E-state index contributed by atoms with van der Waals surface area (Å²) in [6, 6.07) is 7.99. The number of amides is 1. The fourth-order valence-corrected chi connectivity index (χ4v) is 2.80. The normalized spacial score (nSPS) is 18.2. The number of nitrogens with zero attached hydrogens (tertiary/aromatic N) is 3. The predicted octanol–water partition coefficient (Wildman–Crippen LogP) is 1.62. The van der Waals surface area contributed by atoms with Crippen LogP contribution in [0.3, 0.4) is 0 Å². The number of likely N-dealkylation sites (tertiary alicyclic amines) is 1. The smallest absolute Gasteiger partial charge is 0.241 e. The van der Waals surface area contributed by atoms with Gasteiger partial charge in [-0.05, 0) is 37.5 Å². The lowest BCUT2D eigenvalue weighted by molar-refractivity contribution is -0.119. The van der Waals surface area contributed by atoms with Crippen molar-refractivity contribution >= 4 is 11.6 Å². The van der Waals surface area contributed by atoms with E-state index in [1.807, 2.05) is 36.9 Å². The number of β-amino-alcohol motifs (C(OH)–C–C–N with tert-alkyl or cyclic N) is 1. The molecule has 1 N–H and O–H groups in total. The van der Waals surface area contributed by atoms with Gasteiger partial charge >= 0.3 is 0 Å². The molecule has 1 aromatic carbocycles. The van der Waals surface area contributed by atoms with Crippen LogP contribution in [0.2, 0.25) is 0 Å². The summed E-state index contributed by atoms with van der Waals surface area (Å²) in [5.74, 6) is -0.0157. The van der Waals surface area contributed by atoms with E-state index in [0.29, 0.717) is 19.5 Å². The van der Waals surface area contributed by atoms with Gasteiger partial charge in [0.15, 0.2) is 0 Å². The van der Waals surface area contributed by atoms with Crippen LogP contribution < -0.4 is 4.90 Å². The number of hydrogen-bond donors (Lipinski definition) is 1. The van der Waals surface area contributed by atoms with Crippen LogP contribution in [0.1, 0.15) is 24.0 Å². The van der Waals surface area contributed by atoms with Crippen LogP contribution in [0.15, 0.2) is 18.2 Å². The topological polar surface area (TPSA) is 67.6 Å². The van der Waals surface area contributed by atoms with E-state index >= 15 is 0 Å². The first kappa shape index (κ1) is 16.5. The van der Waals surface area contributed by atoms with Crippen molar-refractivity contribution in [3.05, 3.63) is 29.3 Å². The molecule has 118 valence electrons. The average Bonchev–Trinajstić information content (AvgIpc) is 2.88. The Labute approximate surface area is 131 Å². The molecule has 1 aromatic rings. The van der Waals surface area contributed by atoms with Gasteiger partial charge < -0.3 is 10.0 Å². The predicted molar refractivity (Wildman–Crippen MR) is 85.6 cm³/mol. The van der Waals surface area contributed by atoms with Gasteiger partial charge in [-0.15, -0.1) is 0 Å². The minimum absolute atomic E-state index is 0.0157. The minimum Gasteiger partial charge on any atom is -0.392 e. The Bertz CT molecular complexity index is 580. The molecule has 0 saturated carbocycles. The van der Waals surface area contributed by atoms with Crippen LogP contribution in [0.5, 0.6) is 0 Å². The van der Waals surface area contributed by atoms with E-state index in [4.69, 9.17) is 5.26 Å². The number of anilines is 1. The molecule has 1 amide bonds. The number of hydrogen-bond acceptors (Lipinski definition) is 4. The highest BCUT2D eigenvalue weighted by molar-refractivity contribution is 5.95. The summed E-state index contributed by atoms with van der Waals surface area (Å²) in [5, 5.41) is 18.4. The molecule has 0 bridgehead atoms. The highest BCUT2D eigenvalue weighted by atomic mass is 16.3. The van der Waals surface area contributed by atoms with Crippen molar-refractivity contribution in [1.29, 1.82) is 5.26 Å². The number of aryl methyl sites for hydroxylation is 1. The summed E-state index contributed by atoms with van der Waals surface area (Å²) >= 11 is 0. The SMILES string of the molecule is Cc1cccc(N(CCC#N)C(=O)CN2CC[C@H](O)C2)c1C. The number of nitriles is 1. The summed E-state index contributed by atoms with van der Waals surface area (Å²) in [6.07, 6.45) is 0.692. The molecule has 22 heavy (non-hydrogen) atoms. The van der Waals surface area contributed by atoms with Crippen LogP contribution in [-0.2, 0) is 4.79 Å². The molecule has 0 aromatic heterocycles. The van der Waals surface area contributed by atoms with Crippen LogP contribution in [-0.4, -0.2) is 48.2 Å². The first-order chi connectivity index (χ1) is 10.5. The number of benzene rings is 1. The van der Waals surface area contributed by atoms with Gasteiger partial charge in [-0.2, -0.15) is 5.26 Å². The van der Waals surface area contributed by atoms with Crippen molar-refractivity contribution in [3.63, 3.8) is 0 Å². The monoisotopic (exact) mass is 301 g/mol. The molecule has 1 saturated heterocycles. The van der Waals surface area contributed by atoms with E-state index in [-0.39, 0.29) is 18.6 Å². The lowest BCUT2D eigenvalue weighted by atomic mass is 10.1. The third-order valence-corrected chi connectivity index (χ3v) is 4.22. The van der Waals surface area contributed by atoms with Crippen molar-refractivity contribution in [1.82, 2.24) is 4.90 Å². The van der Waals surface area contributed by atoms with Crippen LogP contribution in [0.4, 0.5) is 5.69 Å². The zero-order valence-corrected chi connectivity index (χ0v) is 13.2. The Hall–Kier alpha value is -1.90. The maximum absolute atomic E-state index is 12.7. The third-order valence-electron chi connectivity index (χ3n) is 4.22. The molecule has 2 rings (SSSR count). The van der Waals surface area contributed by atoms with E-state index in [0.717, 1.165) is 29.8 Å². The zero-order valence-electron chi connectivity index (χ0n) is 13.2. The molecule has 0 unspecified atom stereocenters. The number of aliphatic hydroxyl groups excluding tert-OH is 1. The molecule has 1 fully saturated rings. The molecule has 5 heteroatoms. The van der Waals surface area contributed by atoms with Crippen LogP contribution in [0.25, 0.3) is 0 Å². The molecule has 0 aliphatic carbocycles. The number of carbonyl (C=O) groups is 1. The highest BCUT2D eigenvalue weighted by Crippen LogP contribution is 2.23. The van der Waals surface area contributed by atoms with E-state index in [2.05, 4.69) is 6.07 Å². The Balaban J connectivity index is 2.16. The first-order valence-corrected chi connectivity index (χ1v) is 7.67. The van der Waals surface area contributed by atoms with Crippen LogP contribution >= 0.6 is 0 Å². The van der Waals surface area contributed by atoms with Gasteiger partial charge in [0, 0.05) is 25.3 Å². The van der Waals surface area contributed by atoms with E-state index in [1.54, 1.807) is 4.90 Å². The fraction of sp³-hybridized carbons (Fsp3) is 0.529. The molecule has 0 spiro atoms. The molecular weight excluding hydrogens is 278 g/mol. The minimum atomic E-state index is -0.332. The summed E-state index contributed by atoms with van der Waals surface area (Å²) in [4.78, 5) is 16.3. The van der Waals surface area contributed by atoms with Crippen molar-refractivity contribution in [2.75, 3.05) is 31.1 Å². The van der Waals surface area contributed by atoms with Gasteiger partial charge in [0.05, 0.1) is 25.1 Å². The van der Waals surface area contributed by atoms with Gasteiger partial charge in [0.2, 0.25) is 5.91 Å². The molecule has 1 atom stereocenters. The van der Waals surface area contributed by atoms with E-state index in [9.17, 15) is 9.90 Å². The summed E-state index contributed by atoms with van der Waals surface area (Å²) < 4.78 is 0. The Morgan fingerprint density at radius 2 is 2.27 bits per heavy atom. The van der Waals surface area contributed by atoms with Gasteiger partial charge in [-0.25, -0.2) is 0 Å². The Morgan fingerprint density at radius 1 is 1.50 bits per heavy atom. The maximum atomic E-state index is 12.7. The van der Waals surface area contributed by atoms with Crippen molar-refractivity contribution < 1.29 is 9.90 Å². The van der Waals surface area contributed by atoms with E-state index < -0.39 is 0 Å². The lowest BCUT2D eigenvalue weighted by Gasteiger charge is -2.26. The van der Waals surface area contributed by atoms with Gasteiger partial charge in [-0.3, -0.25) is 9.69 Å². The standard InChI is InChI=1S/C17H23N3O2/c1-13-5-3-6-16(14(13)2)20(9-4-8-18)17(22)12-19-10-7-15(21)11-19/h3,5-6,15,21H,4,7,9-12H2,1-2H3/t15-/m0/s1. The molecule has 1 heterocycles. The summed E-state index contributed by atoms with van der Waals surface area (Å²) in [5.41, 5.74) is 3.07. The third kappa shape index (κ3) is 3.85. The second-order valence-corrected chi connectivity index (χ2v) is 5.85. The van der Waals surface area contributed by atoms with Gasteiger partial charge in [0.1, 0.15) is 0 Å². The second-order valence-electron chi connectivity index (χ2n) is 5.85. The lowest BCUT2D eigenvalue weighted by Crippen LogP contribution is -2.40. The van der Waals surface area contributed by atoms with E-state index in [1.165, 1.54) is 0 Å². The average molecular weight is 301 g/mol.